The normalized spacial score (nSPS) is 21.2. The van der Waals surface area contributed by atoms with Crippen LogP contribution in [0.5, 0.6) is 0 Å². The van der Waals surface area contributed by atoms with E-state index in [0.29, 0.717) is 0 Å². The third kappa shape index (κ3) is 2.97. The summed E-state index contributed by atoms with van der Waals surface area (Å²) in [6, 6.07) is 16.8. The first-order valence-electron chi connectivity index (χ1n) is 8.98. The topological polar surface area (TPSA) is 12.4 Å². The lowest BCUT2D eigenvalue weighted by Gasteiger charge is -2.27. The Kier molecular flexibility index (Phi) is 4.35. The molecule has 0 aromatic heterocycles. The Hall–Kier alpha value is -2.48. The van der Waals surface area contributed by atoms with E-state index in [1.165, 1.54) is 27.1 Å². The minimum absolute atomic E-state index is 0.139. The van der Waals surface area contributed by atoms with Crippen LogP contribution in [0.1, 0.15) is 30.6 Å². The van der Waals surface area contributed by atoms with Gasteiger partial charge in [-0.2, -0.15) is 0 Å². The number of nitrogens with zero attached hydrogens (tertiary/aromatic N) is 1. The van der Waals surface area contributed by atoms with Crippen molar-refractivity contribution >= 4 is 27.8 Å². The Morgan fingerprint density at radius 2 is 1.80 bits per heavy atom. The van der Waals surface area contributed by atoms with Gasteiger partial charge in [-0.05, 0) is 57.5 Å². The molecule has 25 heavy (non-hydrogen) atoms. The van der Waals surface area contributed by atoms with E-state index in [2.05, 4.69) is 47.5 Å². The first kappa shape index (κ1) is 16.0. The Balaban J connectivity index is 0.000000272. The summed E-state index contributed by atoms with van der Waals surface area (Å²) in [5.74, 6) is 0.139. The number of allylic oxidation sites excluding steroid dienone is 1. The number of alkyl halides is 1. The van der Waals surface area contributed by atoms with E-state index in [0.717, 1.165) is 24.9 Å². The second-order valence-corrected chi connectivity index (χ2v) is 6.88. The zero-order valence-electron chi connectivity index (χ0n) is 14.5. The molecule has 2 aliphatic rings. The maximum atomic E-state index is 14.4. The van der Waals surface area contributed by atoms with Crippen LogP contribution in [-0.2, 0) is 6.42 Å². The number of aliphatic imine (C=N–C) groups is 1. The summed E-state index contributed by atoms with van der Waals surface area (Å²) in [5, 5.41) is 5.00. The van der Waals surface area contributed by atoms with Gasteiger partial charge in [0.2, 0.25) is 0 Å². The molecule has 126 valence electrons. The minimum Gasteiger partial charge on any atom is -0.289 e. The maximum absolute atomic E-state index is 14.4. The number of aryl methyl sites for hydroxylation is 1. The smallest absolute Gasteiger partial charge is 0.128 e. The molecule has 3 aromatic rings. The molecule has 0 N–H and O–H groups in total. The fourth-order valence-corrected chi connectivity index (χ4v) is 3.83. The number of hydrogen-bond acceptors (Lipinski definition) is 1. The van der Waals surface area contributed by atoms with E-state index < -0.39 is 6.17 Å². The molecule has 2 atom stereocenters. The fourth-order valence-electron chi connectivity index (χ4n) is 3.83. The molecule has 2 unspecified atom stereocenters. The van der Waals surface area contributed by atoms with Gasteiger partial charge in [0.15, 0.2) is 0 Å². The number of halogens is 1. The van der Waals surface area contributed by atoms with Crippen molar-refractivity contribution in [1.82, 2.24) is 0 Å². The van der Waals surface area contributed by atoms with Gasteiger partial charge < -0.3 is 0 Å². The summed E-state index contributed by atoms with van der Waals surface area (Å²) in [7, 11) is 0. The Bertz CT molecular complexity index is 960. The van der Waals surface area contributed by atoms with E-state index >= 15 is 0 Å². The van der Waals surface area contributed by atoms with Crippen molar-refractivity contribution < 1.29 is 4.39 Å². The molecule has 5 rings (SSSR count). The first-order chi connectivity index (χ1) is 12.3. The fraction of sp³-hybridized carbons (Fsp3) is 0.261. The first-order valence-corrected chi connectivity index (χ1v) is 8.98. The van der Waals surface area contributed by atoms with E-state index in [4.69, 9.17) is 0 Å². The quantitative estimate of drug-likeness (QED) is 0.434. The van der Waals surface area contributed by atoms with Gasteiger partial charge >= 0.3 is 0 Å². The third-order valence-electron chi connectivity index (χ3n) is 5.26. The highest BCUT2D eigenvalue weighted by Crippen LogP contribution is 2.41. The summed E-state index contributed by atoms with van der Waals surface area (Å²) in [4.78, 5) is 3.85. The van der Waals surface area contributed by atoms with Gasteiger partial charge in [-0.15, -0.1) is 0 Å². The summed E-state index contributed by atoms with van der Waals surface area (Å²) in [5.41, 5.74) is 2.13. The molecule has 0 saturated heterocycles. The van der Waals surface area contributed by atoms with Crippen LogP contribution < -0.4 is 0 Å². The summed E-state index contributed by atoms with van der Waals surface area (Å²) < 4.78 is 14.4. The Labute approximate surface area is 147 Å². The van der Waals surface area contributed by atoms with E-state index in [9.17, 15) is 4.39 Å². The van der Waals surface area contributed by atoms with E-state index in [1.54, 1.807) is 6.21 Å². The lowest BCUT2D eigenvalue weighted by molar-refractivity contribution is 0.222. The molecule has 1 aliphatic heterocycles. The van der Waals surface area contributed by atoms with Crippen LogP contribution in [0.25, 0.3) is 21.5 Å². The van der Waals surface area contributed by atoms with Crippen molar-refractivity contribution in [1.29, 1.82) is 0 Å². The standard InChI is InChI=1S/C19H17F.C4H5N/c1-12-6-8-17-16-9-7-13-4-2-3-5-14(13)15(16)10-11-18(17)19(12)20;1-2-4-5-3-1/h2-5,7,9-12,19H,6,8H2,1H3;1-3H,4H2. The van der Waals surface area contributed by atoms with Crippen molar-refractivity contribution in [3.8, 4) is 0 Å². The second kappa shape index (κ2) is 6.79. The monoisotopic (exact) mass is 331 g/mol. The van der Waals surface area contributed by atoms with Gasteiger partial charge in [0, 0.05) is 6.21 Å². The number of rotatable bonds is 0. The van der Waals surface area contributed by atoms with Gasteiger partial charge in [0.1, 0.15) is 6.17 Å². The zero-order valence-corrected chi connectivity index (χ0v) is 14.5. The van der Waals surface area contributed by atoms with Gasteiger partial charge in [-0.3, -0.25) is 4.99 Å². The van der Waals surface area contributed by atoms with Crippen molar-refractivity contribution in [3.05, 3.63) is 71.8 Å². The summed E-state index contributed by atoms with van der Waals surface area (Å²) in [6.07, 6.45) is 6.89. The molecule has 1 heterocycles. The number of benzene rings is 3. The van der Waals surface area contributed by atoms with Crippen molar-refractivity contribution in [3.63, 3.8) is 0 Å². The predicted molar refractivity (Wildman–Crippen MR) is 105 cm³/mol. The summed E-state index contributed by atoms with van der Waals surface area (Å²) in [6.45, 7) is 2.90. The van der Waals surface area contributed by atoms with Crippen LogP contribution in [0.15, 0.2) is 65.7 Å². The second-order valence-electron chi connectivity index (χ2n) is 6.88. The van der Waals surface area contributed by atoms with Gasteiger partial charge in [0.05, 0.1) is 6.54 Å². The molecule has 1 aliphatic carbocycles. The lowest BCUT2D eigenvalue weighted by Crippen LogP contribution is -2.15. The van der Waals surface area contributed by atoms with Gasteiger partial charge in [-0.1, -0.05) is 61.5 Å². The van der Waals surface area contributed by atoms with E-state index in [1.807, 2.05) is 25.1 Å². The molecule has 0 radical (unpaired) electrons. The Morgan fingerprint density at radius 3 is 2.56 bits per heavy atom. The van der Waals surface area contributed by atoms with Crippen LogP contribution in [0, 0.1) is 5.92 Å². The van der Waals surface area contributed by atoms with Crippen LogP contribution >= 0.6 is 0 Å². The Morgan fingerprint density at radius 1 is 0.960 bits per heavy atom. The largest absolute Gasteiger partial charge is 0.289 e. The van der Waals surface area contributed by atoms with Crippen molar-refractivity contribution in [2.24, 2.45) is 10.9 Å². The highest BCUT2D eigenvalue weighted by Gasteiger charge is 2.27. The average molecular weight is 331 g/mol. The molecule has 2 heteroatoms. The summed E-state index contributed by atoms with van der Waals surface area (Å²) >= 11 is 0. The van der Waals surface area contributed by atoms with Crippen molar-refractivity contribution in [2.75, 3.05) is 6.54 Å². The molecule has 0 bridgehead atoms. The van der Waals surface area contributed by atoms with Crippen LogP contribution in [0.3, 0.4) is 0 Å². The molecule has 0 spiro atoms. The highest BCUT2D eigenvalue weighted by molar-refractivity contribution is 6.08. The lowest BCUT2D eigenvalue weighted by atomic mass is 9.80. The molecule has 0 saturated carbocycles. The number of fused-ring (bicyclic) bond motifs is 5. The molecule has 1 nitrogen and oxygen atoms in total. The SMILES string of the molecule is C1=CCN=C1.CC1CCc2c(ccc3c2ccc2ccccc23)C1F. The maximum Gasteiger partial charge on any atom is 0.128 e. The van der Waals surface area contributed by atoms with Crippen LogP contribution in [0.4, 0.5) is 4.39 Å². The van der Waals surface area contributed by atoms with Crippen LogP contribution in [-0.4, -0.2) is 12.8 Å². The zero-order chi connectivity index (χ0) is 17.2. The minimum atomic E-state index is -0.811. The van der Waals surface area contributed by atoms with Crippen molar-refractivity contribution in [2.45, 2.75) is 25.9 Å². The van der Waals surface area contributed by atoms with E-state index in [-0.39, 0.29) is 5.92 Å². The molecular formula is C23H22FN. The third-order valence-corrected chi connectivity index (χ3v) is 5.26. The highest BCUT2D eigenvalue weighted by atomic mass is 19.1. The van der Waals surface area contributed by atoms with Gasteiger partial charge in [0.25, 0.3) is 0 Å². The van der Waals surface area contributed by atoms with Gasteiger partial charge in [-0.25, -0.2) is 4.39 Å². The average Bonchev–Trinajstić information content (AvgIpc) is 3.24. The molecule has 0 amide bonds. The molecule has 3 aromatic carbocycles. The predicted octanol–water partition coefficient (Wildman–Crippen LogP) is 6.21. The molecule has 0 fully saturated rings. The van der Waals surface area contributed by atoms with Crippen LogP contribution in [0.2, 0.25) is 0 Å². The number of hydrogen-bond donors (Lipinski definition) is 0. The molecular weight excluding hydrogens is 309 g/mol.